The highest BCUT2D eigenvalue weighted by Crippen LogP contribution is 2.66. The molecule has 1 saturated carbocycles. The van der Waals surface area contributed by atoms with Crippen LogP contribution < -0.4 is 0 Å². The van der Waals surface area contributed by atoms with Gasteiger partial charge >= 0.3 is 11.9 Å². The van der Waals surface area contributed by atoms with Gasteiger partial charge in [0.15, 0.2) is 11.9 Å². The van der Waals surface area contributed by atoms with Crippen LogP contribution in [0.2, 0.25) is 0 Å². The Balaban J connectivity index is 1.79. The van der Waals surface area contributed by atoms with Crippen molar-refractivity contribution in [3.8, 4) is 0 Å². The first-order chi connectivity index (χ1) is 15.0. The van der Waals surface area contributed by atoms with Crippen LogP contribution in [0.5, 0.6) is 0 Å². The van der Waals surface area contributed by atoms with Gasteiger partial charge in [-0.05, 0) is 31.8 Å². The van der Waals surface area contributed by atoms with Crippen molar-refractivity contribution in [1.82, 2.24) is 0 Å². The number of esters is 2. The van der Waals surface area contributed by atoms with E-state index in [0.29, 0.717) is 36.8 Å². The van der Waals surface area contributed by atoms with E-state index in [1.54, 1.807) is 0 Å². The van der Waals surface area contributed by atoms with Crippen LogP contribution in [-0.4, -0.2) is 43.0 Å². The second-order valence-electron chi connectivity index (χ2n) is 9.87. The summed E-state index contributed by atoms with van der Waals surface area (Å²) >= 11 is 0. The van der Waals surface area contributed by atoms with E-state index in [4.69, 9.17) is 18.6 Å². The molecule has 0 spiro atoms. The Morgan fingerprint density at radius 2 is 1.81 bits per heavy atom. The summed E-state index contributed by atoms with van der Waals surface area (Å²) in [7, 11) is 1.37. The molecule has 0 bridgehead atoms. The van der Waals surface area contributed by atoms with Crippen molar-refractivity contribution < 1.29 is 37.8 Å². The number of allylic oxidation sites excluding steroid dienone is 1. The second kappa shape index (κ2) is 6.41. The van der Waals surface area contributed by atoms with Crippen LogP contribution in [0.1, 0.15) is 79.9 Å². The number of ketones is 2. The SMILES string of the molecule is COC(OC(C)=O)[C@H]1OC(=O)c2coc3c2[C@@]1(C)C1=C(C3=O)[C@]2(C)CCC(=O)[C@@]2(C)CC1. The van der Waals surface area contributed by atoms with Crippen LogP contribution in [0.15, 0.2) is 21.8 Å². The zero-order valence-electron chi connectivity index (χ0n) is 18.8. The molecule has 4 aliphatic rings. The number of Topliss-reactive ketones (excluding diaryl/α,β-unsaturated/α-hetero) is 2. The molecule has 1 aromatic heterocycles. The molecule has 0 aromatic carbocycles. The summed E-state index contributed by atoms with van der Waals surface area (Å²) in [5.74, 6) is -1.27. The van der Waals surface area contributed by atoms with E-state index < -0.39 is 40.6 Å². The molecular formula is C24H26O8. The Kier molecular flexibility index (Phi) is 4.23. The van der Waals surface area contributed by atoms with Gasteiger partial charge in [0.2, 0.25) is 12.1 Å². The summed E-state index contributed by atoms with van der Waals surface area (Å²) in [4.78, 5) is 51.2. The fourth-order valence-corrected chi connectivity index (χ4v) is 6.57. The lowest BCUT2D eigenvalue weighted by atomic mass is 9.50. The number of carbonyl (C=O) groups is 4. The lowest BCUT2D eigenvalue weighted by Gasteiger charge is -2.53. The van der Waals surface area contributed by atoms with Gasteiger partial charge in [-0.1, -0.05) is 13.8 Å². The smallest absolute Gasteiger partial charge is 0.342 e. The van der Waals surface area contributed by atoms with Crippen LogP contribution >= 0.6 is 0 Å². The van der Waals surface area contributed by atoms with E-state index in [0.717, 1.165) is 5.57 Å². The van der Waals surface area contributed by atoms with Crippen LogP contribution in [0, 0.1) is 10.8 Å². The van der Waals surface area contributed by atoms with Gasteiger partial charge in [-0.15, -0.1) is 0 Å². The zero-order valence-corrected chi connectivity index (χ0v) is 18.8. The summed E-state index contributed by atoms with van der Waals surface area (Å²) in [5, 5.41) is 0. The molecule has 5 atom stereocenters. The number of rotatable bonds is 3. The van der Waals surface area contributed by atoms with Gasteiger partial charge in [0.25, 0.3) is 0 Å². The van der Waals surface area contributed by atoms with Gasteiger partial charge in [0, 0.05) is 42.4 Å². The molecule has 0 radical (unpaired) electrons. The van der Waals surface area contributed by atoms with Gasteiger partial charge in [0.1, 0.15) is 17.6 Å². The van der Waals surface area contributed by atoms with Crippen LogP contribution in [-0.2, 0) is 29.2 Å². The van der Waals surface area contributed by atoms with Crippen LogP contribution in [0.25, 0.3) is 0 Å². The van der Waals surface area contributed by atoms with Crippen molar-refractivity contribution in [2.45, 2.75) is 71.2 Å². The normalized spacial score (nSPS) is 36.3. The first-order valence-electron chi connectivity index (χ1n) is 10.9. The quantitative estimate of drug-likeness (QED) is 0.518. The molecule has 3 aliphatic carbocycles. The van der Waals surface area contributed by atoms with Crippen molar-refractivity contribution in [2.75, 3.05) is 7.11 Å². The monoisotopic (exact) mass is 442 g/mol. The van der Waals surface area contributed by atoms with Crippen molar-refractivity contribution >= 4 is 23.5 Å². The molecule has 1 aromatic rings. The van der Waals surface area contributed by atoms with Gasteiger partial charge in [-0.2, -0.15) is 0 Å². The molecule has 1 unspecified atom stereocenters. The fourth-order valence-electron chi connectivity index (χ4n) is 6.57. The Labute approximate surface area is 185 Å². The third kappa shape index (κ3) is 2.26. The van der Waals surface area contributed by atoms with Gasteiger partial charge in [-0.25, -0.2) is 4.79 Å². The minimum Gasteiger partial charge on any atom is -0.460 e. The third-order valence-corrected chi connectivity index (χ3v) is 8.57. The number of methoxy groups -OCH3 is 1. The van der Waals surface area contributed by atoms with Crippen molar-refractivity contribution in [3.63, 3.8) is 0 Å². The third-order valence-electron chi connectivity index (χ3n) is 8.57. The number of ether oxygens (including phenoxy) is 3. The van der Waals surface area contributed by atoms with Crippen LogP contribution in [0.4, 0.5) is 0 Å². The Hall–Kier alpha value is -2.74. The maximum Gasteiger partial charge on any atom is 0.342 e. The molecule has 1 aliphatic heterocycles. The Morgan fingerprint density at radius 1 is 1.12 bits per heavy atom. The Morgan fingerprint density at radius 3 is 2.47 bits per heavy atom. The van der Waals surface area contributed by atoms with Gasteiger partial charge in [0.05, 0.1) is 5.41 Å². The van der Waals surface area contributed by atoms with Gasteiger partial charge in [-0.3, -0.25) is 14.4 Å². The maximum atomic E-state index is 13.8. The number of carbonyl (C=O) groups excluding carboxylic acids is 4. The zero-order chi connectivity index (χ0) is 23.2. The largest absolute Gasteiger partial charge is 0.460 e. The summed E-state index contributed by atoms with van der Waals surface area (Å²) in [5.41, 5.74) is -0.320. The second-order valence-corrected chi connectivity index (χ2v) is 9.87. The average molecular weight is 442 g/mol. The topological polar surface area (TPSA) is 109 Å². The molecule has 2 heterocycles. The predicted octanol–water partition coefficient (Wildman–Crippen LogP) is 3.27. The number of fused-ring (bicyclic) bond motifs is 3. The molecule has 0 N–H and O–H groups in total. The molecular weight excluding hydrogens is 416 g/mol. The standard InChI is InChI=1S/C24H26O8/c1-11(25)31-21(29-5)19-24(4)13-6-8-22(2)14(26)7-9-23(22,3)16(13)17(27)18-15(24)12(10-30-18)20(28)32-19/h10,19,21H,6-9H2,1-5H3/t19-,21?,22-,23+,24-/m1/s1. The van der Waals surface area contributed by atoms with E-state index in [2.05, 4.69) is 0 Å². The highest BCUT2D eigenvalue weighted by molar-refractivity contribution is 6.14. The van der Waals surface area contributed by atoms with E-state index in [1.807, 2.05) is 20.8 Å². The number of cyclic esters (lactones) is 1. The molecule has 0 saturated heterocycles. The minimum absolute atomic E-state index is 0.0883. The summed E-state index contributed by atoms with van der Waals surface area (Å²) < 4.78 is 22.3. The van der Waals surface area contributed by atoms with Gasteiger partial charge < -0.3 is 18.6 Å². The van der Waals surface area contributed by atoms with Crippen molar-refractivity contribution in [2.24, 2.45) is 10.8 Å². The molecule has 8 nitrogen and oxygen atoms in total. The molecule has 170 valence electrons. The number of hydrogen-bond donors (Lipinski definition) is 0. The van der Waals surface area contributed by atoms with Crippen LogP contribution in [0.3, 0.4) is 0 Å². The summed E-state index contributed by atoms with van der Waals surface area (Å²) in [6, 6.07) is 0. The highest BCUT2D eigenvalue weighted by atomic mass is 16.7. The fraction of sp³-hybridized carbons (Fsp3) is 0.583. The molecule has 0 amide bonds. The lowest BCUT2D eigenvalue weighted by Crippen LogP contribution is -2.58. The molecule has 32 heavy (non-hydrogen) atoms. The predicted molar refractivity (Wildman–Crippen MR) is 109 cm³/mol. The molecule has 5 rings (SSSR count). The first-order valence-corrected chi connectivity index (χ1v) is 10.9. The summed E-state index contributed by atoms with van der Waals surface area (Å²) in [6.07, 6.45) is 1.10. The summed E-state index contributed by atoms with van der Waals surface area (Å²) in [6.45, 7) is 7.05. The van der Waals surface area contributed by atoms with Crippen molar-refractivity contribution in [3.05, 3.63) is 34.3 Å². The molecule has 1 fully saturated rings. The van der Waals surface area contributed by atoms with E-state index in [9.17, 15) is 19.2 Å². The van der Waals surface area contributed by atoms with E-state index in [-0.39, 0.29) is 22.9 Å². The minimum atomic E-state index is -1.18. The van der Waals surface area contributed by atoms with E-state index >= 15 is 0 Å². The average Bonchev–Trinajstić information content (AvgIpc) is 3.29. The number of furan rings is 1. The molecule has 8 heteroatoms. The Bertz CT molecular complexity index is 1130. The lowest BCUT2D eigenvalue weighted by molar-refractivity contribution is -0.202. The first kappa shape index (κ1) is 21.1. The highest BCUT2D eigenvalue weighted by Gasteiger charge is 2.66. The number of hydrogen-bond acceptors (Lipinski definition) is 8. The maximum absolute atomic E-state index is 13.8. The van der Waals surface area contributed by atoms with E-state index in [1.165, 1.54) is 20.3 Å². The van der Waals surface area contributed by atoms with Crippen molar-refractivity contribution in [1.29, 1.82) is 0 Å².